The zero-order chi connectivity index (χ0) is 18.2. The number of urea groups is 1. The minimum Gasteiger partial charge on any atom is -0.495 e. The Morgan fingerprint density at radius 1 is 1.28 bits per heavy atom. The number of anilines is 1. The second-order valence-corrected chi connectivity index (χ2v) is 5.17. The molecule has 0 bridgehead atoms. The largest absolute Gasteiger partial charge is 0.495 e. The van der Waals surface area contributed by atoms with E-state index in [4.69, 9.17) is 9.15 Å². The number of nitrogens with one attached hydrogen (secondary N) is 1. The molecule has 0 saturated carbocycles. The summed E-state index contributed by atoms with van der Waals surface area (Å²) in [5, 5.41) is 2.81. The van der Waals surface area contributed by atoms with Crippen molar-refractivity contribution in [3.05, 3.63) is 42.1 Å². The van der Waals surface area contributed by atoms with E-state index in [0.717, 1.165) is 6.42 Å². The molecule has 1 heterocycles. The van der Waals surface area contributed by atoms with E-state index in [2.05, 4.69) is 15.0 Å². The van der Waals surface area contributed by atoms with Crippen LogP contribution in [0.25, 0.3) is 0 Å². The molecule has 8 nitrogen and oxygen atoms in total. The molecule has 2 amide bonds. The molecule has 0 unspecified atom stereocenters. The fourth-order valence-electron chi connectivity index (χ4n) is 2.21. The van der Waals surface area contributed by atoms with Crippen LogP contribution in [0.3, 0.4) is 0 Å². The minimum absolute atomic E-state index is 0.0686. The summed E-state index contributed by atoms with van der Waals surface area (Å²) in [5.41, 5.74) is 0.637. The SMILES string of the molecule is CCCN(Cc1nc(C(=O)OC)co1)C(=O)Nc1ccccc1OC. The van der Waals surface area contributed by atoms with E-state index in [-0.39, 0.29) is 24.2 Å². The van der Waals surface area contributed by atoms with Gasteiger partial charge in [0.25, 0.3) is 0 Å². The fourth-order valence-corrected chi connectivity index (χ4v) is 2.21. The van der Waals surface area contributed by atoms with Gasteiger partial charge in [0, 0.05) is 6.54 Å². The number of rotatable bonds is 7. The highest BCUT2D eigenvalue weighted by Crippen LogP contribution is 2.23. The highest BCUT2D eigenvalue weighted by Gasteiger charge is 2.19. The number of benzene rings is 1. The Kier molecular flexibility index (Phi) is 6.39. The van der Waals surface area contributed by atoms with Crippen molar-refractivity contribution in [3.8, 4) is 5.75 Å². The quantitative estimate of drug-likeness (QED) is 0.774. The third-order valence-electron chi connectivity index (χ3n) is 3.40. The minimum atomic E-state index is -0.587. The summed E-state index contributed by atoms with van der Waals surface area (Å²) in [7, 11) is 2.80. The first-order chi connectivity index (χ1) is 12.1. The molecule has 1 aromatic heterocycles. The molecule has 0 spiro atoms. The average Bonchev–Trinajstić information content (AvgIpc) is 3.09. The Morgan fingerprint density at radius 3 is 2.72 bits per heavy atom. The van der Waals surface area contributed by atoms with E-state index in [9.17, 15) is 9.59 Å². The molecule has 0 aliphatic heterocycles. The first-order valence-electron chi connectivity index (χ1n) is 7.80. The van der Waals surface area contributed by atoms with Crippen molar-refractivity contribution < 1.29 is 23.5 Å². The maximum atomic E-state index is 12.6. The smallest absolute Gasteiger partial charge is 0.360 e. The Hall–Kier alpha value is -3.03. The van der Waals surface area contributed by atoms with E-state index in [1.54, 1.807) is 23.1 Å². The van der Waals surface area contributed by atoms with Crippen LogP contribution in [0, 0.1) is 0 Å². The number of hydrogen-bond donors (Lipinski definition) is 1. The topological polar surface area (TPSA) is 93.9 Å². The number of ether oxygens (including phenoxy) is 2. The number of methoxy groups -OCH3 is 2. The molecule has 134 valence electrons. The predicted molar refractivity (Wildman–Crippen MR) is 90.6 cm³/mol. The summed E-state index contributed by atoms with van der Waals surface area (Å²) in [4.78, 5) is 29.6. The molecule has 8 heteroatoms. The monoisotopic (exact) mass is 347 g/mol. The van der Waals surface area contributed by atoms with Gasteiger partial charge >= 0.3 is 12.0 Å². The van der Waals surface area contributed by atoms with Crippen molar-refractivity contribution in [1.82, 2.24) is 9.88 Å². The van der Waals surface area contributed by atoms with Gasteiger partial charge < -0.3 is 24.1 Å². The van der Waals surface area contributed by atoms with Gasteiger partial charge in [0.15, 0.2) is 5.69 Å². The van der Waals surface area contributed by atoms with Crippen molar-refractivity contribution in [2.75, 3.05) is 26.1 Å². The number of carbonyl (C=O) groups is 2. The van der Waals surface area contributed by atoms with Crippen LogP contribution in [0.5, 0.6) is 5.75 Å². The van der Waals surface area contributed by atoms with E-state index < -0.39 is 5.97 Å². The summed E-state index contributed by atoms with van der Waals surface area (Å²) < 4.78 is 15.1. The number of aromatic nitrogens is 1. The molecular weight excluding hydrogens is 326 g/mol. The Balaban J connectivity index is 2.10. The molecule has 1 aromatic carbocycles. The van der Waals surface area contributed by atoms with Crippen LogP contribution in [0.1, 0.15) is 29.7 Å². The number of nitrogens with zero attached hydrogens (tertiary/aromatic N) is 2. The highest BCUT2D eigenvalue weighted by atomic mass is 16.5. The molecule has 0 radical (unpaired) electrons. The number of para-hydroxylation sites is 2. The molecule has 2 aromatic rings. The Bertz CT molecular complexity index is 729. The molecule has 0 aliphatic rings. The summed E-state index contributed by atoms with van der Waals surface area (Å²) in [6.45, 7) is 2.58. The van der Waals surface area contributed by atoms with Crippen molar-refractivity contribution in [3.63, 3.8) is 0 Å². The molecule has 2 rings (SSSR count). The van der Waals surface area contributed by atoms with Crippen molar-refractivity contribution >= 4 is 17.7 Å². The summed E-state index contributed by atoms with van der Waals surface area (Å²) in [5.74, 6) is 0.232. The van der Waals surface area contributed by atoms with Crippen molar-refractivity contribution in [2.24, 2.45) is 0 Å². The third-order valence-corrected chi connectivity index (χ3v) is 3.40. The maximum absolute atomic E-state index is 12.6. The molecule has 0 saturated heterocycles. The van der Waals surface area contributed by atoms with Gasteiger partial charge in [-0.05, 0) is 18.6 Å². The second kappa shape index (κ2) is 8.72. The van der Waals surface area contributed by atoms with Gasteiger partial charge in [0.1, 0.15) is 12.0 Å². The molecule has 25 heavy (non-hydrogen) atoms. The summed E-state index contributed by atoms with van der Waals surface area (Å²) in [6.07, 6.45) is 1.97. The molecule has 1 N–H and O–H groups in total. The highest BCUT2D eigenvalue weighted by molar-refractivity contribution is 5.91. The number of oxazole rings is 1. The van der Waals surface area contributed by atoms with Gasteiger partial charge in [0.05, 0.1) is 26.5 Å². The van der Waals surface area contributed by atoms with Crippen LogP contribution in [0.4, 0.5) is 10.5 Å². The predicted octanol–water partition coefficient (Wildman–Crippen LogP) is 2.91. The van der Waals surface area contributed by atoms with Crippen LogP contribution in [-0.2, 0) is 11.3 Å². The molecule has 0 aliphatic carbocycles. The van der Waals surface area contributed by atoms with Gasteiger partial charge in [0.2, 0.25) is 5.89 Å². The van der Waals surface area contributed by atoms with Crippen LogP contribution in [0.2, 0.25) is 0 Å². The van der Waals surface area contributed by atoms with Crippen molar-refractivity contribution in [2.45, 2.75) is 19.9 Å². The first-order valence-corrected chi connectivity index (χ1v) is 7.80. The molecular formula is C17H21N3O5. The second-order valence-electron chi connectivity index (χ2n) is 5.17. The van der Waals surface area contributed by atoms with Crippen LogP contribution >= 0.6 is 0 Å². The number of hydrogen-bond acceptors (Lipinski definition) is 6. The van der Waals surface area contributed by atoms with Gasteiger partial charge in [-0.25, -0.2) is 14.6 Å². The zero-order valence-corrected chi connectivity index (χ0v) is 14.4. The lowest BCUT2D eigenvalue weighted by molar-refractivity contribution is 0.0594. The molecule has 0 atom stereocenters. The lowest BCUT2D eigenvalue weighted by Crippen LogP contribution is -2.35. The van der Waals surface area contributed by atoms with Gasteiger partial charge in [-0.1, -0.05) is 19.1 Å². The van der Waals surface area contributed by atoms with E-state index in [1.165, 1.54) is 20.5 Å². The van der Waals surface area contributed by atoms with Gasteiger partial charge in [-0.2, -0.15) is 0 Å². The lowest BCUT2D eigenvalue weighted by Gasteiger charge is -2.21. The normalized spacial score (nSPS) is 10.2. The maximum Gasteiger partial charge on any atom is 0.360 e. The van der Waals surface area contributed by atoms with E-state index in [1.807, 2.05) is 13.0 Å². The van der Waals surface area contributed by atoms with Crippen LogP contribution in [-0.4, -0.2) is 42.6 Å². The summed E-state index contributed by atoms with van der Waals surface area (Å²) in [6, 6.07) is 6.82. The van der Waals surface area contributed by atoms with E-state index in [0.29, 0.717) is 18.0 Å². The average molecular weight is 347 g/mol. The van der Waals surface area contributed by atoms with Gasteiger partial charge in [-0.3, -0.25) is 0 Å². The standard InChI is InChI=1S/C17H21N3O5/c1-4-9-20(10-15-18-13(11-25-15)16(21)24-3)17(22)19-12-7-5-6-8-14(12)23-2/h5-8,11H,4,9-10H2,1-3H3,(H,19,22). The number of esters is 1. The van der Waals surface area contributed by atoms with Crippen LogP contribution < -0.4 is 10.1 Å². The fraction of sp³-hybridized carbons (Fsp3) is 0.353. The molecule has 0 fully saturated rings. The third kappa shape index (κ3) is 4.72. The Morgan fingerprint density at radius 2 is 2.04 bits per heavy atom. The van der Waals surface area contributed by atoms with Crippen molar-refractivity contribution in [1.29, 1.82) is 0 Å². The zero-order valence-electron chi connectivity index (χ0n) is 14.4. The van der Waals surface area contributed by atoms with Crippen LogP contribution in [0.15, 0.2) is 34.9 Å². The van der Waals surface area contributed by atoms with Gasteiger partial charge in [-0.15, -0.1) is 0 Å². The number of amides is 2. The first kappa shape index (κ1) is 18.3. The lowest BCUT2D eigenvalue weighted by atomic mass is 10.3. The van der Waals surface area contributed by atoms with E-state index >= 15 is 0 Å². The summed E-state index contributed by atoms with van der Waals surface area (Å²) >= 11 is 0. The number of carbonyl (C=O) groups excluding carboxylic acids is 2. The Labute approximate surface area is 145 Å².